The molecule has 27 heavy (non-hydrogen) atoms. The highest BCUT2D eigenvalue weighted by Gasteiger charge is 2.30. The fourth-order valence-corrected chi connectivity index (χ4v) is 4.09. The number of halogens is 2. The molecule has 0 spiro atoms. The number of aromatic nitrogens is 2. The van der Waals surface area contributed by atoms with E-state index in [9.17, 15) is 4.79 Å². The van der Waals surface area contributed by atoms with Gasteiger partial charge >= 0.3 is 0 Å². The molecule has 0 saturated heterocycles. The van der Waals surface area contributed by atoms with Crippen LogP contribution < -0.4 is 5.32 Å². The summed E-state index contributed by atoms with van der Waals surface area (Å²) in [5.74, 6) is -0.211. The zero-order valence-electron chi connectivity index (χ0n) is 15.2. The average Bonchev–Trinajstić information content (AvgIpc) is 2.93. The predicted octanol–water partition coefficient (Wildman–Crippen LogP) is 2.82. The van der Waals surface area contributed by atoms with E-state index in [0.717, 1.165) is 32.2 Å². The topological polar surface area (TPSA) is 79.7 Å². The molecule has 9 heteroatoms. The number of fused-ring (bicyclic) bond motifs is 3. The highest BCUT2D eigenvalue weighted by atomic mass is 79.9. The van der Waals surface area contributed by atoms with Crippen molar-refractivity contribution in [2.75, 3.05) is 27.2 Å². The molecule has 1 aliphatic rings. The quantitative estimate of drug-likeness (QED) is 0.531. The van der Waals surface area contributed by atoms with Crippen LogP contribution in [-0.2, 0) is 9.63 Å². The van der Waals surface area contributed by atoms with Crippen LogP contribution in [0.2, 0.25) is 0 Å². The third-order valence-electron chi connectivity index (χ3n) is 4.05. The lowest BCUT2D eigenvalue weighted by Gasteiger charge is -2.13. The summed E-state index contributed by atoms with van der Waals surface area (Å²) < 4.78 is 1.79. The Labute approximate surface area is 174 Å². The molecule has 142 valence electrons. The van der Waals surface area contributed by atoms with Gasteiger partial charge in [0.05, 0.1) is 0 Å². The van der Waals surface area contributed by atoms with Crippen LogP contribution in [0.4, 0.5) is 0 Å². The van der Waals surface area contributed by atoms with E-state index in [1.165, 1.54) is 6.33 Å². The molecule has 1 aliphatic carbocycles. The molecule has 1 atom stereocenters. The highest BCUT2D eigenvalue weighted by molar-refractivity contribution is 9.11. The maximum absolute atomic E-state index is 12.2. The normalized spacial score (nSPS) is 14.8. The SMILES string of the molecule is C[C@@H](O/N=C1/c2ncncc2-c2cc(Br)cc(Br)c21)C(=O)NCCN(C)C. The monoisotopic (exact) mass is 495 g/mol. The summed E-state index contributed by atoms with van der Waals surface area (Å²) in [5.41, 5.74) is 3.96. The maximum Gasteiger partial charge on any atom is 0.263 e. The van der Waals surface area contributed by atoms with E-state index in [4.69, 9.17) is 4.84 Å². The second-order valence-electron chi connectivity index (χ2n) is 6.38. The molecule has 0 aliphatic heterocycles. The summed E-state index contributed by atoms with van der Waals surface area (Å²) in [6, 6.07) is 3.92. The highest BCUT2D eigenvalue weighted by Crippen LogP contribution is 2.41. The number of amides is 1. The number of oxime groups is 1. The van der Waals surface area contributed by atoms with Crippen LogP contribution in [0, 0.1) is 0 Å². The van der Waals surface area contributed by atoms with Crippen molar-refractivity contribution in [3.05, 3.63) is 44.9 Å². The van der Waals surface area contributed by atoms with Crippen LogP contribution in [-0.4, -0.2) is 59.8 Å². The van der Waals surface area contributed by atoms with E-state index in [0.29, 0.717) is 18.0 Å². The standard InChI is InChI=1S/C18H19Br2N5O2/c1-10(18(26)22-4-5-25(2)3)27-24-17-15-12(6-11(19)7-14(15)20)13-8-21-9-23-16(13)17/h6-10H,4-5H2,1-3H3,(H,22,26)/b24-17+/t10-/m1/s1. The lowest BCUT2D eigenvalue weighted by atomic mass is 10.1. The molecule has 1 amide bonds. The lowest BCUT2D eigenvalue weighted by Crippen LogP contribution is -2.37. The van der Waals surface area contributed by atoms with Crippen LogP contribution in [0.15, 0.2) is 38.8 Å². The van der Waals surface area contributed by atoms with Crippen molar-refractivity contribution in [3.8, 4) is 11.1 Å². The Balaban J connectivity index is 1.83. The minimum absolute atomic E-state index is 0.211. The van der Waals surface area contributed by atoms with E-state index < -0.39 is 6.10 Å². The first-order chi connectivity index (χ1) is 12.9. The van der Waals surface area contributed by atoms with Crippen molar-refractivity contribution in [2.45, 2.75) is 13.0 Å². The van der Waals surface area contributed by atoms with E-state index in [-0.39, 0.29) is 5.91 Å². The summed E-state index contributed by atoms with van der Waals surface area (Å²) in [7, 11) is 3.90. The Kier molecular flexibility index (Phi) is 6.23. The summed E-state index contributed by atoms with van der Waals surface area (Å²) in [5, 5.41) is 7.10. The molecule has 0 radical (unpaired) electrons. The Bertz CT molecular complexity index is 901. The third-order valence-corrected chi connectivity index (χ3v) is 5.13. The fourth-order valence-electron chi connectivity index (χ4n) is 2.68. The van der Waals surface area contributed by atoms with Gasteiger partial charge in [0.25, 0.3) is 5.91 Å². The van der Waals surface area contributed by atoms with Crippen LogP contribution in [0.25, 0.3) is 11.1 Å². The van der Waals surface area contributed by atoms with Gasteiger partial charge < -0.3 is 15.1 Å². The molecule has 7 nitrogen and oxygen atoms in total. The molecular weight excluding hydrogens is 478 g/mol. The zero-order valence-corrected chi connectivity index (χ0v) is 18.3. The molecule has 0 fully saturated rings. The number of benzene rings is 1. The third kappa shape index (κ3) is 4.36. The van der Waals surface area contributed by atoms with Gasteiger partial charge in [0.2, 0.25) is 6.10 Å². The molecule has 2 aromatic rings. The summed E-state index contributed by atoms with van der Waals surface area (Å²) >= 11 is 7.09. The number of carbonyl (C=O) groups excluding carboxylic acids is 1. The number of nitrogens with one attached hydrogen (secondary N) is 1. The van der Waals surface area contributed by atoms with Crippen molar-refractivity contribution < 1.29 is 9.63 Å². The van der Waals surface area contributed by atoms with Crippen molar-refractivity contribution >= 4 is 43.5 Å². The summed E-state index contributed by atoms with van der Waals surface area (Å²) in [6.45, 7) is 2.98. The molecule has 0 unspecified atom stereocenters. The molecule has 1 aromatic carbocycles. The number of hydrogen-bond donors (Lipinski definition) is 1. The summed E-state index contributed by atoms with van der Waals surface area (Å²) in [4.78, 5) is 28.1. The van der Waals surface area contributed by atoms with Gasteiger partial charge in [-0.15, -0.1) is 0 Å². The molecule has 0 bridgehead atoms. The van der Waals surface area contributed by atoms with Gasteiger partial charge in [0.1, 0.15) is 17.7 Å². The van der Waals surface area contributed by atoms with Gasteiger partial charge in [-0.3, -0.25) is 4.79 Å². The predicted molar refractivity (Wildman–Crippen MR) is 111 cm³/mol. The van der Waals surface area contributed by atoms with E-state index in [2.05, 4.69) is 52.3 Å². The first-order valence-electron chi connectivity index (χ1n) is 8.35. The molecule has 1 N–H and O–H groups in total. The largest absolute Gasteiger partial charge is 0.382 e. The maximum atomic E-state index is 12.2. The molecule has 3 rings (SSSR count). The van der Waals surface area contributed by atoms with Crippen LogP contribution in [0.5, 0.6) is 0 Å². The van der Waals surface area contributed by atoms with Crippen molar-refractivity contribution in [1.82, 2.24) is 20.2 Å². The Hall–Kier alpha value is -1.84. The smallest absolute Gasteiger partial charge is 0.263 e. The van der Waals surface area contributed by atoms with Gasteiger partial charge in [0.15, 0.2) is 0 Å². The van der Waals surface area contributed by atoms with E-state index in [1.54, 1.807) is 13.1 Å². The molecule has 0 saturated carbocycles. The average molecular weight is 497 g/mol. The van der Waals surface area contributed by atoms with Crippen LogP contribution in [0.1, 0.15) is 18.2 Å². The minimum atomic E-state index is -0.719. The fraction of sp³-hybridized carbons (Fsp3) is 0.333. The number of hydrogen-bond acceptors (Lipinski definition) is 6. The molecule has 1 aromatic heterocycles. The number of likely N-dealkylation sites (N-methyl/N-ethyl adjacent to an activating group) is 1. The van der Waals surface area contributed by atoms with Gasteiger partial charge in [-0.25, -0.2) is 9.97 Å². The van der Waals surface area contributed by atoms with Gasteiger partial charge in [0, 0.05) is 39.4 Å². The molecule has 1 heterocycles. The number of nitrogens with zero attached hydrogens (tertiary/aromatic N) is 4. The first kappa shape index (κ1) is 19.9. The Morgan fingerprint density at radius 1 is 1.33 bits per heavy atom. The molecular formula is C18H19Br2N5O2. The van der Waals surface area contributed by atoms with Crippen LogP contribution in [0.3, 0.4) is 0 Å². The van der Waals surface area contributed by atoms with E-state index >= 15 is 0 Å². The van der Waals surface area contributed by atoms with Crippen molar-refractivity contribution in [1.29, 1.82) is 0 Å². The minimum Gasteiger partial charge on any atom is -0.382 e. The van der Waals surface area contributed by atoms with E-state index in [1.807, 2.05) is 31.1 Å². The summed E-state index contributed by atoms with van der Waals surface area (Å²) in [6.07, 6.45) is 2.50. The van der Waals surface area contributed by atoms with Gasteiger partial charge in [-0.1, -0.05) is 37.0 Å². The Morgan fingerprint density at radius 3 is 2.85 bits per heavy atom. The van der Waals surface area contributed by atoms with Crippen molar-refractivity contribution in [3.63, 3.8) is 0 Å². The first-order valence-corrected chi connectivity index (χ1v) is 9.93. The van der Waals surface area contributed by atoms with Gasteiger partial charge in [-0.2, -0.15) is 0 Å². The van der Waals surface area contributed by atoms with Crippen LogP contribution >= 0.6 is 31.9 Å². The number of carbonyl (C=O) groups is 1. The number of rotatable bonds is 6. The Morgan fingerprint density at radius 2 is 2.11 bits per heavy atom. The second kappa shape index (κ2) is 8.45. The second-order valence-corrected chi connectivity index (χ2v) is 8.15. The van der Waals surface area contributed by atoms with Gasteiger partial charge in [-0.05, 0) is 38.7 Å². The zero-order chi connectivity index (χ0) is 19.6. The van der Waals surface area contributed by atoms with Crippen molar-refractivity contribution in [2.24, 2.45) is 5.16 Å². The lowest BCUT2D eigenvalue weighted by molar-refractivity contribution is -0.131.